The fraction of sp³-hybridized carbons (Fsp3) is 0.176. The van der Waals surface area contributed by atoms with E-state index in [-0.39, 0.29) is 16.3 Å². The molecule has 0 bridgehead atoms. The highest BCUT2D eigenvalue weighted by molar-refractivity contribution is 6.31. The van der Waals surface area contributed by atoms with Crippen molar-refractivity contribution in [3.8, 4) is 0 Å². The second kappa shape index (κ2) is 8.34. The van der Waals surface area contributed by atoms with Crippen LogP contribution in [0.4, 0.5) is 32.4 Å². The van der Waals surface area contributed by atoms with E-state index >= 15 is 0 Å². The van der Waals surface area contributed by atoms with Crippen LogP contribution < -0.4 is 10.6 Å². The first kappa shape index (κ1) is 20.6. The van der Waals surface area contributed by atoms with E-state index in [1.165, 1.54) is 18.2 Å². The van der Waals surface area contributed by atoms with E-state index in [1.54, 1.807) is 5.32 Å². The van der Waals surface area contributed by atoms with E-state index in [9.17, 15) is 31.5 Å². The second-order valence-corrected chi connectivity index (χ2v) is 5.83. The van der Waals surface area contributed by atoms with Gasteiger partial charge < -0.3 is 5.32 Å². The number of carbonyl (C=O) groups is 2. The number of rotatable bonds is 4. The maximum Gasteiger partial charge on any atom is 0.389 e. The molecular weight excluding hydrogens is 395 g/mol. The average Bonchev–Trinajstić information content (AvgIpc) is 2.54. The fourth-order valence-corrected chi connectivity index (χ4v) is 2.38. The minimum atomic E-state index is -4.37. The first-order chi connectivity index (χ1) is 12.6. The Morgan fingerprint density at radius 2 is 1.67 bits per heavy atom. The summed E-state index contributed by atoms with van der Waals surface area (Å²) < 4.78 is 64.0. The lowest BCUT2D eigenvalue weighted by atomic mass is 10.1. The van der Waals surface area contributed by atoms with E-state index in [0.29, 0.717) is 0 Å². The van der Waals surface area contributed by atoms with E-state index in [4.69, 9.17) is 11.6 Å². The van der Waals surface area contributed by atoms with Crippen LogP contribution in [0.3, 0.4) is 0 Å². The number of carbonyl (C=O) groups excluding carboxylic acids is 2. The van der Waals surface area contributed by atoms with Gasteiger partial charge in [-0.15, -0.1) is 0 Å². The summed E-state index contributed by atoms with van der Waals surface area (Å²) in [5.74, 6) is -3.61. The summed E-state index contributed by atoms with van der Waals surface area (Å²) in [5.41, 5.74) is -0.747. The Morgan fingerprint density at radius 1 is 1.04 bits per heavy atom. The molecule has 0 atom stereocenters. The number of urea groups is 1. The zero-order valence-electron chi connectivity index (χ0n) is 13.5. The summed E-state index contributed by atoms with van der Waals surface area (Å²) in [6.07, 6.45) is -5.88. The summed E-state index contributed by atoms with van der Waals surface area (Å²) in [6.45, 7) is 0. The van der Waals surface area contributed by atoms with Crippen LogP contribution in [-0.4, -0.2) is 18.1 Å². The molecule has 0 aliphatic rings. The van der Waals surface area contributed by atoms with E-state index < -0.39 is 48.2 Å². The van der Waals surface area contributed by atoms with Crippen LogP contribution in [0.15, 0.2) is 36.4 Å². The third-order valence-corrected chi connectivity index (χ3v) is 3.77. The molecule has 0 radical (unpaired) electrons. The van der Waals surface area contributed by atoms with Crippen molar-refractivity contribution < 1.29 is 31.5 Å². The van der Waals surface area contributed by atoms with Gasteiger partial charge in [-0.3, -0.25) is 10.1 Å². The van der Waals surface area contributed by atoms with Gasteiger partial charge in [0.05, 0.1) is 0 Å². The number of hydrogen-bond donors (Lipinski definition) is 2. The van der Waals surface area contributed by atoms with Crippen molar-refractivity contribution in [1.29, 1.82) is 0 Å². The molecule has 144 valence electrons. The minimum Gasteiger partial charge on any atom is -0.308 e. The molecule has 0 spiro atoms. The highest BCUT2D eigenvalue weighted by Gasteiger charge is 2.27. The molecule has 0 fully saturated rings. The maximum atomic E-state index is 13.5. The minimum absolute atomic E-state index is 0.0517. The summed E-state index contributed by atoms with van der Waals surface area (Å²) >= 11 is 5.83. The Bertz CT molecular complexity index is 851. The highest BCUT2D eigenvalue weighted by Crippen LogP contribution is 2.27. The van der Waals surface area contributed by atoms with Crippen molar-refractivity contribution in [3.05, 3.63) is 64.2 Å². The number of halogens is 6. The van der Waals surface area contributed by atoms with Gasteiger partial charge in [0.2, 0.25) is 0 Å². The number of hydrogen-bond acceptors (Lipinski definition) is 2. The summed E-state index contributed by atoms with van der Waals surface area (Å²) in [5, 5.41) is 4.00. The lowest BCUT2D eigenvalue weighted by molar-refractivity contribution is -0.133. The molecule has 0 heterocycles. The van der Waals surface area contributed by atoms with Crippen molar-refractivity contribution >= 4 is 29.2 Å². The monoisotopic (exact) mass is 406 g/mol. The molecule has 2 rings (SSSR count). The Labute approximate surface area is 155 Å². The number of aryl methyl sites for hydroxylation is 1. The van der Waals surface area contributed by atoms with Gasteiger partial charge in [-0.1, -0.05) is 17.7 Å². The normalized spacial score (nSPS) is 11.2. The highest BCUT2D eigenvalue weighted by atomic mass is 35.5. The molecule has 0 saturated heterocycles. The summed E-state index contributed by atoms with van der Waals surface area (Å²) in [7, 11) is 0. The maximum absolute atomic E-state index is 13.5. The molecule has 3 amide bonds. The van der Waals surface area contributed by atoms with Crippen molar-refractivity contribution in [2.24, 2.45) is 0 Å². The van der Waals surface area contributed by atoms with Gasteiger partial charge in [0.1, 0.15) is 17.2 Å². The molecular formula is C17H12ClF5N2O2. The van der Waals surface area contributed by atoms with E-state index in [1.807, 2.05) is 0 Å². The quantitative estimate of drug-likeness (QED) is 0.696. The van der Waals surface area contributed by atoms with Gasteiger partial charge in [-0.25, -0.2) is 13.6 Å². The van der Waals surface area contributed by atoms with E-state index in [0.717, 1.165) is 18.2 Å². The van der Waals surface area contributed by atoms with Crippen molar-refractivity contribution in [2.75, 3.05) is 5.32 Å². The number of benzene rings is 2. The van der Waals surface area contributed by atoms with Crippen LogP contribution in [-0.2, 0) is 6.42 Å². The third kappa shape index (κ3) is 5.92. The largest absolute Gasteiger partial charge is 0.389 e. The molecule has 2 aromatic rings. The first-order valence-corrected chi connectivity index (χ1v) is 7.86. The number of amides is 3. The lowest BCUT2D eigenvalue weighted by Gasteiger charge is -2.11. The van der Waals surface area contributed by atoms with Gasteiger partial charge >= 0.3 is 12.2 Å². The van der Waals surface area contributed by atoms with Gasteiger partial charge in [0.15, 0.2) is 0 Å². The Hall–Kier alpha value is -2.68. The molecule has 0 unspecified atom stereocenters. The van der Waals surface area contributed by atoms with Gasteiger partial charge in [-0.05, 0) is 42.3 Å². The van der Waals surface area contributed by atoms with Gasteiger partial charge in [0.25, 0.3) is 5.91 Å². The van der Waals surface area contributed by atoms with Crippen LogP contribution in [0.1, 0.15) is 22.3 Å². The summed E-state index contributed by atoms with van der Waals surface area (Å²) in [4.78, 5) is 23.7. The fourth-order valence-electron chi connectivity index (χ4n) is 2.16. The van der Waals surface area contributed by atoms with Crippen LogP contribution in [0.2, 0.25) is 5.02 Å². The molecule has 0 aliphatic carbocycles. The standard InChI is InChI=1S/C17H12ClF5N2O2/c18-11-5-4-10(8-9(11)6-7-17(21,22)23)24-16(27)25-15(26)14-12(19)2-1-3-13(14)20/h1-5,8H,6-7H2,(H2,24,25,26,27). The number of alkyl halides is 3. The lowest BCUT2D eigenvalue weighted by Crippen LogP contribution is -2.35. The van der Waals surface area contributed by atoms with Gasteiger partial charge in [0, 0.05) is 17.1 Å². The van der Waals surface area contributed by atoms with E-state index in [2.05, 4.69) is 5.32 Å². The molecule has 2 aromatic carbocycles. The summed E-state index contributed by atoms with van der Waals surface area (Å²) in [6, 6.07) is 5.42. The predicted molar refractivity (Wildman–Crippen MR) is 88.7 cm³/mol. The molecule has 10 heteroatoms. The molecule has 4 nitrogen and oxygen atoms in total. The first-order valence-electron chi connectivity index (χ1n) is 7.48. The molecule has 2 N–H and O–H groups in total. The average molecular weight is 407 g/mol. The topological polar surface area (TPSA) is 58.2 Å². The molecule has 0 aromatic heterocycles. The zero-order chi connectivity index (χ0) is 20.2. The van der Waals surface area contributed by atoms with Crippen LogP contribution in [0, 0.1) is 11.6 Å². The molecule has 27 heavy (non-hydrogen) atoms. The smallest absolute Gasteiger partial charge is 0.308 e. The number of nitrogens with one attached hydrogen (secondary N) is 2. The van der Waals surface area contributed by atoms with Gasteiger partial charge in [-0.2, -0.15) is 13.2 Å². The number of anilines is 1. The predicted octanol–water partition coefficient (Wildman–Crippen LogP) is 5.08. The Morgan fingerprint density at radius 3 is 2.26 bits per heavy atom. The SMILES string of the molecule is O=C(NC(=O)c1c(F)cccc1F)Nc1ccc(Cl)c(CCC(F)(F)F)c1. The van der Waals surface area contributed by atoms with Crippen LogP contribution >= 0.6 is 11.6 Å². The molecule has 0 saturated carbocycles. The Kier molecular flexibility index (Phi) is 6.37. The number of imide groups is 1. The van der Waals surface area contributed by atoms with Crippen LogP contribution in [0.5, 0.6) is 0 Å². The van der Waals surface area contributed by atoms with Crippen molar-refractivity contribution in [2.45, 2.75) is 19.0 Å². The Balaban J connectivity index is 2.06. The molecule has 0 aliphatic heterocycles. The zero-order valence-corrected chi connectivity index (χ0v) is 14.2. The third-order valence-electron chi connectivity index (χ3n) is 3.40. The van der Waals surface area contributed by atoms with Crippen molar-refractivity contribution in [1.82, 2.24) is 5.32 Å². The van der Waals surface area contributed by atoms with Crippen LogP contribution in [0.25, 0.3) is 0 Å². The second-order valence-electron chi connectivity index (χ2n) is 5.43. The van der Waals surface area contributed by atoms with Crippen molar-refractivity contribution in [3.63, 3.8) is 0 Å².